The molecule has 4 N–H and O–H groups in total. The summed E-state index contributed by atoms with van der Waals surface area (Å²) in [6, 6.07) is 8.82. The maximum Gasteiger partial charge on any atom is 0.323 e. The van der Waals surface area contributed by atoms with Gasteiger partial charge < -0.3 is 16.4 Å². The predicted octanol–water partition coefficient (Wildman–Crippen LogP) is 3.07. The molecule has 0 atom stereocenters. The average molecular weight is 277 g/mol. The smallest absolute Gasteiger partial charge is 0.323 e. The molecule has 20 heavy (non-hydrogen) atoms. The highest BCUT2D eigenvalue weighted by molar-refractivity contribution is 6.00. The van der Waals surface area contributed by atoms with Crippen LogP contribution in [0.15, 0.2) is 42.5 Å². The van der Waals surface area contributed by atoms with Crippen molar-refractivity contribution in [1.82, 2.24) is 0 Å². The fourth-order valence-corrected chi connectivity index (χ4v) is 1.70. The molecule has 2 rings (SSSR count). The first-order chi connectivity index (χ1) is 9.58. The summed E-state index contributed by atoms with van der Waals surface area (Å²) in [5, 5.41) is 5.01. The van der Waals surface area contributed by atoms with E-state index in [0.717, 1.165) is 0 Å². The molecule has 0 aliphatic carbocycles. The molecule has 0 unspecified atom stereocenters. The van der Waals surface area contributed by atoms with E-state index in [2.05, 4.69) is 10.6 Å². The number of nitrogens with two attached hydrogens (primary N) is 1. The van der Waals surface area contributed by atoms with Crippen LogP contribution in [0.4, 0.5) is 25.0 Å². The number of carbonyl (C=O) groups excluding carboxylic acids is 1. The van der Waals surface area contributed by atoms with E-state index in [1.807, 2.05) is 0 Å². The number of hydrogen-bond donors (Lipinski definition) is 3. The minimum Gasteiger partial charge on any atom is -0.326 e. The first kappa shape index (κ1) is 14.0. The highest BCUT2D eigenvalue weighted by Crippen LogP contribution is 2.17. The number of hydrogen-bond acceptors (Lipinski definition) is 2. The van der Waals surface area contributed by atoms with Gasteiger partial charge in [0.15, 0.2) is 0 Å². The van der Waals surface area contributed by atoms with E-state index in [0.29, 0.717) is 16.9 Å². The molecule has 4 nitrogen and oxygen atoms in total. The van der Waals surface area contributed by atoms with E-state index in [4.69, 9.17) is 5.73 Å². The zero-order chi connectivity index (χ0) is 14.5. The van der Waals surface area contributed by atoms with Gasteiger partial charge in [0.1, 0.15) is 11.6 Å². The fourth-order valence-electron chi connectivity index (χ4n) is 1.70. The van der Waals surface area contributed by atoms with Crippen molar-refractivity contribution >= 4 is 17.4 Å². The molecule has 104 valence electrons. The molecule has 0 spiro atoms. The topological polar surface area (TPSA) is 67.1 Å². The minimum atomic E-state index is -0.558. The van der Waals surface area contributed by atoms with Gasteiger partial charge in [-0.1, -0.05) is 6.07 Å². The largest absolute Gasteiger partial charge is 0.326 e. The van der Waals surface area contributed by atoms with Crippen molar-refractivity contribution in [3.8, 4) is 0 Å². The van der Waals surface area contributed by atoms with Crippen LogP contribution in [0.3, 0.4) is 0 Å². The number of urea groups is 1. The van der Waals surface area contributed by atoms with Gasteiger partial charge in [-0.2, -0.15) is 0 Å². The molecule has 2 aromatic rings. The van der Waals surface area contributed by atoms with Crippen LogP contribution in [0.1, 0.15) is 5.56 Å². The lowest BCUT2D eigenvalue weighted by molar-refractivity contribution is 0.262. The van der Waals surface area contributed by atoms with Crippen molar-refractivity contribution < 1.29 is 13.6 Å². The molecule has 0 fully saturated rings. The van der Waals surface area contributed by atoms with Gasteiger partial charge in [0.25, 0.3) is 0 Å². The third-order valence-corrected chi connectivity index (χ3v) is 2.62. The highest BCUT2D eigenvalue weighted by atomic mass is 19.1. The van der Waals surface area contributed by atoms with Gasteiger partial charge in [-0.25, -0.2) is 13.6 Å². The molecule has 0 saturated heterocycles. The van der Waals surface area contributed by atoms with E-state index in [9.17, 15) is 13.6 Å². The Morgan fingerprint density at radius 3 is 2.50 bits per heavy atom. The predicted molar refractivity (Wildman–Crippen MR) is 73.3 cm³/mol. The molecular weight excluding hydrogens is 264 g/mol. The van der Waals surface area contributed by atoms with Crippen LogP contribution >= 0.6 is 0 Å². The van der Waals surface area contributed by atoms with Crippen LogP contribution in [0.5, 0.6) is 0 Å². The molecule has 2 amide bonds. The summed E-state index contributed by atoms with van der Waals surface area (Å²) in [5.74, 6) is -0.881. The summed E-state index contributed by atoms with van der Waals surface area (Å²) in [6.45, 7) is 0.0906. The number of halogens is 2. The summed E-state index contributed by atoms with van der Waals surface area (Å²) in [6.07, 6.45) is 0. The monoisotopic (exact) mass is 277 g/mol. The molecule has 0 aliphatic rings. The lowest BCUT2D eigenvalue weighted by Crippen LogP contribution is -2.20. The zero-order valence-corrected chi connectivity index (χ0v) is 10.5. The van der Waals surface area contributed by atoms with E-state index in [-0.39, 0.29) is 6.54 Å². The van der Waals surface area contributed by atoms with Crippen LogP contribution in [0, 0.1) is 11.6 Å². The normalized spacial score (nSPS) is 10.2. The Bertz CT molecular complexity index is 632. The van der Waals surface area contributed by atoms with Crippen LogP contribution in [-0.2, 0) is 6.54 Å². The Hall–Kier alpha value is -2.47. The van der Waals surface area contributed by atoms with E-state index in [1.54, 1.807) is 6.07 Å². The molecule has 2 aromatic carbocycles. The Kier molecular flexibility index (Phi) is 4.27. The van der Waals surface area contributed by atoms with Gasteiger partial charge >= 0.3 is 6.03 Å². The number of nitrogens with one attached hydrogen (secondary N) is 2. The Balaban J connectivity index is 2.08. The van der Waals surface area contributed by atoms with E-state index in [1.165, 1.54) is 36.4 Å². The highest BCUT2D eigenvalue weighted by Gasteiger charge is 2.07. The quantitative estimate of drug-likeness (QED) is 0.807. The van der Waals surface area contributed by atoms with Crippen molar-refractivity contribution in [3.05, 3.63) is 59.7 Å². The average Bonchev–Trinajstić information content (AvgIpc) is 2.40. The number of amides is 2. The van der Waals surface area contributed by atoms with Crippen molar-refractivity contribution in [2.75, 3.05) is 10.6 Å². The van der Waals surface area contributed by atoms with Crippen molar-refractivity contribution in [3.63, 3.8) is 0 Å². The number of benzene rings is 2. The molecule has 0 bridgehead atoms. The maximum atomic E-state index is 13.0. The molecule has 0 aromatic heterocycles. The lowest BCUT2D eigenvalue weighted by Gasteiger charge is -2.11. The molecule has 0 saturated carbocycles. The summed E-state index contributed by atoms with van der Waals surface area (Å²) in [5.41, 5.74) is 6.68. The molecule has 6 heteroatoms. The molecular formula is C14H13F2N3O. The minimum absolute atomic E-state index is 0.0906. The molecule has 0 heterocycles. The van der Waals surface area contributed by atoms with Crippen LogP contribution in [0.25, 0.3) is 0 Å². The second kappa shape index (κ2) is 6.12. The lowest BCUT2D eigenvalue weighted by atomic mass is 10.1. The SMILES string of the molecule is NCc1cc(F)ccc1NC(=O)Nc1cccc(F)c1. The van der Waals surface area contributed by atoms with Gasteiger partial charge in [-0.15, -0.1) is 0 Å². The maximum absolute atomic E-state index is 13.0. The first-order valence-corrected chi connectivity index (χ1v) is 5.90. The van der Waals surface area contributed by atoms with Crippen molar-refractivity contribution in [2.45, 2.75) is 6.54 Å². The number of rotatable bonds is 3. The Morgan fingerprint density at radius 1 is 1.05 bits per heavy atom. The van der Waals surface area contributed by atoms with Crippen molar-refractivity contribution in [1.29, 1.82) is 0 Å². The van der Waals surface area contributed by atoms with Gasteiger partial charge in [-0.3, -0.25) is 0 Å². The summed E-state index contributed by atoms with van der Waals surface area (Å²) in [7, 11) is 0. The molecule has 0 radical (unpaired) electrons. The second-order valence-electron chi connectivity index (χ2n) is 4.10. The Morgan fingerprint density at radius 2 is 1.80 bits per heavy atom. The third-order valence-electron chi connectivity index (χ3n) is 2.62. The fraction of sp³-hybridized carbons (Fsp3) is 0.0714. The van der Waals surface area contributed by atoms with Crippen LogP contribution in [0.2, 0.25) is 0 Å². The van der Waals surface area contributed by atoms with Crippen molar-refractivity contribution in [2.24, 2.45) is 5.73 Å². The van der Waals surface area contributed by atoms with Crippen LogP contribution in [-0.4, -0.2) is 6.03 Å². The molecule has 0 aliphatic heterocycles. The third kappa shape index (κ3) is 3.52. The first-order valence-electron chi connectivity index (χ1n) is 5.90. The zero-order valence-electron chi connectivity index (χ0n) is 10.5. The summed E-state index contributed by atoms with van der Waals surface area (Å²) in [4.78, 5) is 11.8. The number of carbonyl (C=O) groups is 1. The van der Waals surface area contributed by atoms with Gasteiger partial charge in [0.05, 0.1) is 0 Å². The second-order valence-corrected chi connectivity index (χ2v) is 4.10. The van der Waals surface area contributed by atoms with Gasteiger partial charge in [-0.05, 0) is 42.0 Å². The number of anilines is 2. The van der Waals surface area contributed by atoms with Gasteiger partial charge in [0.2, 0.25) is 0 Å². The van der Waals surface area contributed by atoms with Gasteiger partial charge in [0, 0.05) is 17.9 Å². The van der Waals surface area contributed by atoms with Crippen LogP contribution < -0.4 is 16.4 Å². The summed E-state index contributed by atoms with van der Waals surface area (Å²) >= 11 is 0. The Labute approximate surface area is 114 Å². The van der Waals surface area contributed by atoms with E-state index < -0.39 is 17.7 Å². The standard InChI is InChI=1S/C14H13F2N3O/c15-10-2-1-3-12(7-10)18-14(20)19-13-5-4-11(16)6-9(13)8-17/h1-7H,8,17H2,(H2,18,19,20). The summed E-state index contributed by atoms with van der Waals surface area (Å²) < 4.78 is 26.0. The van der Waals surface area contributed by atoms with E-state index >= 15 is 0 Å².